The van der Waals surface area contributed by atoms with Crippen molar-refractivity contribution in [3.8, 4) is 0 Å². The van der Waals surface area contributed by atoms with Gasteiger partial charge in [0.25, 0.3) is 0 Å². The van der Waals surface area contributed by atoms with Gasteiger partial charge in [0.1, 0.15) is 5.82 Å². The highest BCUT2D eigenvalue weighted by Crippen LogP contribution is 2.19. The topological polar surface area (TPSA) is 29.1 Å². The molecule has 0 saturated heterocycles. The number of thioether (sulfide) groups is 1. The van der Waals surface area contributed by atoms with Crippen molar-refractivity contribution in [2.24, 2.45) is 0 Å². The summed E-state index contributed by atoms with van der Waals surface area (Å²) >= 11 is 7.06. The number of amides is 1. The lowest BCUT2D eigenvalue weighted by atomic mass is 10.2. The van der Waals surface area contributed by atoms with E-state index >= 15 is 0 Å². The Morgan fingerprint density at radius 3 is 2.89 bits per heavy atom. The standard InChI is InChI=1S/C13H17ClFNOS/c1-3-9(2)16-13(17)8-18-7-10-4-5-11(14)6-12(10)15/h4-6,9H,3,7-8H2,1-2H3,(H,16,17)/t9-/m1/s1. The lowest BCUT2D eigenvalue weighted by Crippen LogP contribution is -2.33. The van der Waals surface area contributed by atoms with E-state index in [-0.39, 0.29) is 17.8 Å². The summed E-state index contributed by atoms with van der Waals surface area (Å²) in [5.74, 6) is 0.477. The predicted octanol–water partition coefficient (Wildman–Crippen LogP) is 3.63. The maximum absolute atomic E-state index is 13.4. The quantitative estimate of drug-likeness (QED) is 0.866. The van der Waals surface area contributed by atoms with Crippen LogP contribution in [0.4, 0.5) is 4.39 Å². The van der Waals surface area contributed by atoms with E-state index in [4.69, 9.17) is 11.6 Å². The Labute approximate surface area is 116 Å². The molecule has 100 valence electrons. The summed E-state index contributed by atoms with van der Waals surface area (Å²) in [6, 6.07) is 4.78. The van der Waals surface area contributed by atoms with Crippen molar-refractivity contribution in [2.75, 3.05) is 5.75 Å². The molecule has 1 amide bonds. The van der Waals surface area contributed by atoms with Crippen molar-refractivity contribution < 1.29 is 9.18 Å². The van der Waals surface area contributed by atoms with Crippen LogP contribution in [0.15, 0.2) is 18.2 Å². The van der Waals surface area contributed by atoms with Crippen LogP contribution in [0.2, 0.25) is 5.02 Å². The Bertz CT molecular complexity index is 414. The summed E-state index contributed by atoms with van der Waals surface area (Å²) in [5, 5.41) is 3.25. The third-order valence-electron chi connectivity index (χ3n) is 2.53. The first-order valence-corrected chi connectivity index (χ1v) is 7.37. The largest absolute Gasteiger partial charge is 0.353 e. The van der Waals surface area contributed by atoms with E-state index < -0.39 is 0 Å². The van der Waals surface area contributed by atoms with Crippen LogP contribution in [0.5, 0.6) is 0 Å². The number of carbonyl (C=O) groups excluding carboxylic acids is 1. The molecule has 5 heteroatoms. The number of rotatable bonds is 6. The Kier molecular flexibility index (Phi) is 6.50. The van der Waals surface area contributed by atoms with Gasteiger partial charge in [-0.2, -0.15) is 0 Å². The van der Waals surface area contributed by atoms with Gasteiger partial charge in [0.2, 0.25) is 5.91 Å². The van der Waals surface area contributed by atoms with Crippen LogP contribution < -0.4 is 5.32 Å². The molecule has 1 aromatic carbocycles. The average molecular weight is 290 g/mol. The summed E-state index contributed by atoms with van der Waals surface area (Å²) in [4.78, 5) is 11.5. The molecule has 2 nitrogen and oxygen atoms in total. The van der Waals surface area contributed by atoms with E-state index in [2.05, 4.69) is 5.32 Å². The number of benzene rings is 1. The third-order valence-corrected chi connectivity index (χ3v) is 3.74. The van der Waals surface area contributed by atoms with E-state index in [9.17, 15) is 9.18 Å². The van der Waals surface area contributed by atoms with Gasteiger partial charge in [0.05, 0.1) is 5.75 Å². The Morgan fingerprint density at radius 1 is 1.56 bits per heavy atom. The van der Waals surface area contributed by atoms with Crippen LogP contribution in [-0.2, 0) is 10.5 Å². The molecule has 0 saturated carbocycles. The number of carbonyl (C=O) groups is 1. The first-order chi connectivity index (χ1) is 8.52. The second kappa shape index (κ2) is 7.64. The summed E-state index contributed by atoms with van der Waals surface area (Å²) in [6.45, 7) is 3.97. The monoisotopic (exact) mass is 289 g/mol. The van der Waals surface area contributed by atoms with Crippen LogP contribution in [0.3, 0.4) is 0 Å². The first-order valence-electron chi connectivity index (χ1n) is 5.84. The lowest BCUT2D eigenvalue weighted by molar-refractivity contribution is -0.119. The van der Waals surface area contributed by atoms with Crippen LogP contribution in [0, 0.1) is 5.82 Å². The smallest absolute Gasteiger partial charge is 0.230 e. The van der Waals surface area contributed by atoms with Crippen LogP contribution in [-0.4, -0.2) is 17.7 Å². The average Bonchev–Trinajstić information content (AvgIpc) is 2.31. The maximum Gasteiger partial charge on any atom is 0.230 e. The predicted molar refractivity (Wildman–Crippen MR) is 75.5 cm³/mol. The molecule has 0 fully saturated rings. The van der Waals surface area contributed by atoms with Gasteiger partial charge in [-0.1, -0.05) is 24.6 Å². The van der Waals surface area contributed by atoms with Gasteiger partial charge in [-0.25, -0.2) is 4.39 Å². The lowest BCUT2D eigenvalue weighted by Gasteiger charge is -2.11. The normalized spacial score (nSPS) is 12.2. The molecule has 1 atom stereocenters. The molecular formula is C13H17ClFNOS. The summed E-state index contributed by atoms with van der Waals surface area (Å²) in [5.41, 5.74) is 0.570. The molecule has 0 unspecified atom stereocenters. The van der Waals surface area contributed by atoms with Crippen molar-refractivity contribution in [3.05, 3.63) is 34.6 Å². The molecular weight excluding hydrogens is 273 g/mol. The number of hydrogen-bond donors (Lipinski definition) is 1. The molecule has 1 aromatic rings. The third kappa shape index (κ3) is 5.27. The number of halogens is 2. The molecule has 0 spiro atoms. The zero-order chi connectivity index (χ0) is 13.5. The molecule has 0 aromatic heterocycles. The van der Waals surface area contributed by atoms with Crippen molar-refractivity contribution in [1.82, 2.24) is 5.32 Å². The van der Waals surface area contributed by atoms with Crippen LogP contribution in [0.1, 0.15) is 25.8 Å². The van der Waals surface area contributed by atoms with Crippen molar-refractivity contribution in [2.45, 2.75) is 32.1 Å². The highest BCUT2D eigenvalue weighted by molar-refractivity contribution is 7.99. The zero-order valence-corrected chi connectivity index (χ0v) is 12.1. The molecule has 18 heavy (non-hydrogen) atoms. The van der Waals surface area contributed by atoms with Gasteiger partial charge in [-0.3, -0.25) is 4.79 Å². The Morgan fingerprint density at radius 2 is 2.28 bits per heavy atom. The van der Waals surface area contributed by atoms with E-state index in [1.54, 1.807) is 12.1 Å². The van der Waals surface area contributed by atoms with E-state index in [1.165, 1.54) is 17.8 Å². The summed E-state index contributed by atoms with van der Waals surface area (Å²) < 4.78 is 13.4. The molecule has 1 rings (SSSR count). The molecule has 0 aliphatic heterocycles. The second-order valence-corrected chi connectivity index (χ2v) is 5.53. The highest BCUT2D eigenvalue weighted by Gasteiger charge is 2.07. The van der Waals surface area contributed by atoms with E-state index in [1.807, 2.05) is 13.8 Å². The summed E-state index contributed by atoms with van der Waals surface area (Å²) in [7, 11) is 0. The fourth-order valence-corrected chi connectivity index (χ4v) is 2.29. The molecule has 0 aliphatic carbocycles. The number of nitrogens with one attached hydrogen (secondary N) is 1. The molecule has 0 aliphatic rings. The molecule has 1 N–H and O–H groups in total. The maximum atomic E-state index is 13.4. The van der Waals surface area contributed by atoms with Gasteiger partial charge in [0.15, 0.2) is 0 Å². The van der Waals surface area contributed by atoms with Gasteiger partial charge in [-0.15, -0.1) is 11.8 Å². The fourth-order valence-electron chi connectivity index (χ4n) is 1.31. The zero-order valence-electron chi connectivity index (χ0n) is 10.5. The fraction of sp³-hybridized carbons (Fsp3) is 0.462. The minimum absolute atomic E-state index is 0.0104. The van der Waals surface area contributed by atoms with Gasteiger partial charge in [-0.05, 0) is 31.0 Å². The van der Waals surface area contributed by atoms with Crippen molar-refractivity contribution in [1.29, 1.82) is 0 Å². The minimum Gasteiger partial charge on any atom is -0.353 e. The van der Waals surface area contributed by atoms with Gasteiger partial charge in [0, 0.05) is 16.8 Å². The first kappa shape index (κ1) is 15.3. The van der Waals surface area contributed by atoms with Crippen molar-refractivity contribution >= 4 is 29.3 Å². The van der Waals surface area contributed by atoms with E-state index in [0.717, 1.165) is 6.42 Å². The summed E-state index contributed by atoms with van der Waals surface area (Å²) in [6.07, 6.45) is 0.905. The second-order valence-electron chi connectivity index (χ2n) is 4.11. The Balaban J connectivity index is 2.35. The van der Waals surface area contributed by atoms with Crippen LogP contribution >= 0.6 is 23.4 Å². The number of hydrogen-bond acceptors (Lipinski definition) is 2. The molecule has 0 radical (unpaired) electrons. The van der Waals surface area contributed by atoms with Crippen LogP contribution in [0.25, 0.3) is 0 Å². The molecule has 0 heterocycles. The highest BCUT2D eigenvalue weighted by atomic mass is 35.5. The van der Waals surface area contributed by atoms with Gasteiger partial charge < -0.3 is 5.32 Å². The Hall–Kier alpha value is -0.740. The minimum atomic E-state index is -0.322. The van der Waals surface area contributed by atoms with Gasteiger partial charge >= 0.3 is 0 Å². The molecule has 0 bridgehead atoms. The van der Waals surface area contributed by atoms with E-state index in [0.29, 0.717) is 22.1 Å². The van der Waals surface area contributed by atoms with Crippen molar-refractivity contribution in [3.63, 3.8) is 0 Å². The SMILES string of the molecule is CC[C@@H](C)NC(=O)CSCc1ccc(Cl)cc1F.